The SMILES string of the molecule is CC(=O)Oc1c2cc(-c3cc4cc(S(=O)(=O)NCP(=O)(O)Oc5ccc(C#N)nc5)sc4cc3-c3cc4c(OC(C)=O)c(c3OC(C)=O)C(=O)NCCO4)c(OC(C)=O)c1C(=O)NCCO2. The second-order valence-electron chi connectivity index (χ2n) is 14.0. The standard InChI is InChI=1S/C41H34N5O17PS2/c1-19(47)59-36-28(13-30-38(61-21(3)49)34(36)40(51)43-7-9-57-30)26-11-23-12-33(66(55,56)46-18-64(53,54)63-25-6-5-24(16-42)45-17-25)65-32(23)15-27(26)29-14-31-39(62-22(4)50)35(37(29)60-20(2)48)41(52)44-8-10-58-31/h5-6,11-15,17,46H,7-10,18H2,1-4H3,(H,43,51)(H,44,52)(H,53,54). The molecule has 0 spiro atoms. The fourth-order valence-electron chi connectivity index (χ4n) is 6.67. The number of carbonyl (C=O) groups is 6. The molecule has 342 valence electrons. The number of carbonyl (C=O) groups excluding carboxylic acids is 6. The highest BCUT2D eigenvalue weighted by Crippen LogP contribution is 2.53. The first-order valence-corrected chi connectivity index (χ1v) is 23.2. The second kappa shape index (κ2) is 18.6. The van der Waals surface area contributed by atoms with Crippen molar-refractivity contribution in [1.82, 2.24) is 20.3 Å². The van der Waals surface area contributed by atoms with E-state index in [9.17, 15) is 46.6 Å². The van der Waals surface area contributed by atoms with Gasteiger partial charge in [0, 0.05) is 43.5 Å². The summed E-state index contributed by atoms with van der Waals surface area (Å²) in [7, 11) is -9.36. The predicted octanol–water partition coefficient (Wildman–Crippen LogP) is 3.95. The van der Waals surface area contributed by atoms with Crippen molar-refractivity contribution >= 4 is 74.7 Å². The van der Waals surface area contributed by atoms with Gasteiger partial charge in [0.05, 0.1) is 19.3 Å². The highest BCUT2D eigenvalue weighted by molar-refractivity contribution is 7.92. The van der Waals surface area contributed by atoms with E-state index in [1.165, 1.54) is 42.5 Å². The van der Waals surface area contributed by atoms with Crippen molar-refractivity contribution in [3.63, 3.8) is 0 Å². The molecule has 2 aliphatic heterocycles. The molecule has 66 heavy (non-hydrogen) atoms. The van der Waals surface area contributed by atoms with Gasteiger partial charge in [0.2, 0.25) is 0 Å². The monoisotopic (exact) mass is 963 g/mol. The van der Waals surface area contributed by atoms with Gasteiger partial charge in [0.15, 0.2) is 34.5 Å². The van der Waals surface area contributed by atoms with E-state index in [0.29, 0.717) is 11.3 Å². The molecule has 4 bridgehead atoms. The first kappa shape index (κ1) is 46.6. The molecular formula is C41H34N5O17PS2. The third-order valence-electron chi connectivity index (χ3n) is 9.16. The molecule has 0 saturated heterocycles. The number of thiophene rings is 1. The Labute approximate surface area is 377 Å². The number of nitriles is 1. The normalized spacial score (nSPS) is 14.2. The molecule has 0 saturated carbocycles. The van der Waals surface area contributed by atoms with Crippen molar-refractivity contribution in [1.29, 1.82) is 5.26 Å². The molecule has 0 fully saturated rings. The van der Waals surface area contributed by atoms with E-state index >= 15 is 0 Å². The minimum Gasteiger partial charge on any atom is -0.488 e. The van der Waals surface area contributed by atoms with Crippen LogP contribution >= 0.6 is 18.9 Å². The average molecular weight is 964 g/mol. The smallest absolute Gasteiger partial charge is 0.391 e. The van der Waals surface area contributed by atoms with Crippen LogP contribution in [0.15, 0.2) is 52.9 Å². The van der Waals surface area contributed by atoms with E-state index in [2.05, 4.69) is 20.3 Å². The maximum Gasteiger partial charge on any atom is 0.391 e. The third kappa shape index (κ3) is 9.94. The summed E-state index contributed by atoms with van der Waals surface area (Å²) < 4.78 is 81.8. The van der Waals surface area contributed by atoms with Gasteiger partial charge in [-0.2, -0.15) is 9.98 Å². The summed E-state index contributed by atoms with van der Waals surface area (Å²) in [5.74, 6) is -7.59. The Morgan fingerprint density at radius 2 is 1.29 bits per heavy atom. The van der Waals surface area contributed by atoms with Crippen molar-refractivity contribution < 1.29 is 79.6 Å². The highest BCUT2D eigenvalue weighted by atomic mass is 32.2. The van der Waals surface area contributed by atoms with Crippen LogP contribution in [0.3, 0.4) is 0 Å². The van der Waals surface area contributed by atoms with Gasteiger partial charge in [-0.15, -0.1) is 11.3 Å². The van der Waals surface area contributed by atoms with Crippen molar-refractivity contribution in [2.45, 2.75) is 31.9 Å². The van der Waals surface area contributed by atoms with E-state index in [-0.39, 0.29) is 81.6 Å². The molecule has 4 N–H and O–H groups in total. The topological polar surface area (TPSA) is 311 Å². The van der Waals surface area contributed by atoms with Crippen LogP contribution in [0.1, 0.15) is 54.1 Å². The number of sulfonamides is 1. The fourth-order valence-corrected chi connectivity index (χ4v) is 10.6. The molecule has 5 aromatic rings. The Morgan fingerprint density at radius 1 is 0.788 bits per heavy atom. The van der Waals surface area contributed by atoms with Gasteiger partial charge in [-0.3, -0.25) is 28.8 Å². The number of esters is 4. The molecule has 22 nitrogen and oxygen atoms in total. The second-order valence-corrected chi connectivity index (χ2v) is 18.9. The van der Waals surface area contributed by atoms with Crippen molar-refractivity contribution in [2.75, 3.05) is 32.6 Å². The van der Waals surface area contributed by atoms with E-state index in [1.54, 1.807) is 6.07 Å². The van der Waals surface area contributed by atoms with E-state index in [1.807, 2.05) is 0 Å². The van der Waals surface area contributed by atoms with Gasteiger partial charge in [0.25, 0.3) is 21.8 Å². The zero-order chi connectivity index (χ0) is 47.7. The largest absolute Gasteiger partial charge is 0.488 e. The Kier molecular flexibility index (Phi) is 13.1. The van der Waals surface area contributed by atoms with Crippen LogP contribution < -0.4 is 48.3 Å². The molecule has 2 aromatic heterocycles. The molecule has 0 aliphatic carbocycles. The third-order valence-corrected chi connectivity index (χ3v) is 13.4. The number of hydrogen-bond acceptors (Lipinski definition) is 19. The molecule has 25 heteroatoms. The number of aromatic nitrogens is 1. The molecule has 0 radical (unpaired) electrons. The molecular weight excluding hydrogens is 930 g/mol. The molecule has 2 aliphatic rings. The average Bonchev–Trinajstić information content (AvgIpc) is 3.67. The number of amides is 2. The van der Waals surface area contributed by atoms with Crippen molar-refractivity contribution in [3.8, 4) is 68.6 Å². The maximum absolute atomic E-state index is 13.9. The molecule has 1 atom stereocenters. The molecule has 2 amide bonds. The van der Waals surface area contributed by atoms with Crippen LogP contribution in [-0.4, -0.2) is 86.6 Å². The Balaban J connectivity index is 1.50. The Bertz CT molecular complexity index is 2960. The van der Waals surface area contributed by atoms with Crippen LogP contribution in [0.4, 0.5) is 0 Å². The van der Waals surface area contributed by atoms with Gasteiger partial charge < -0.3 is 48.5 Å². The zero-order valence-electron chi connectivity index (χ0n) is 34.8. The first-order valence-electron chi connectivity index (χ1n) is 19.2. The van der Waals surface area contributed by atoms with Crippen LogP contribution in [0.2, 0.25) is 0 Å². The number of pyridine rings is 1. The Morgan fingerprint density at radius 3 is 1.76 bits per heavy atom. The number of rotatable bonds is 12. The van der Waals surface area contributed by atoms with Gasteiger partial charge in [0.1, 0.15) is 52.3 Å². The lowest BCUT2D eigenvalue weighted by Crippen LogP contribution is -2.32. The van der Waals surface area contributed by atoms with E-state index in [4.69, 9.17) is 38.2 Å². The van der Waals surface area contributed by atoms with Crippen LogP contribution in [-0.2, 0) is 33.8 Å². The van der Waals surface area contributed by atoms with Gasteiger partial charge in [-0.05, 0) is 59.0 Å². The van der Waals surface area contributed by atoms with Crippen LogP contribution in [0.25, 0.3) is 32.3 Å². The fraction of sp³-hybridized carbons (Fsp3) is 0.220. The quantitative estimate of drug-likeness (QED) is 0.0781. The van der Waals surface area contributed by atoms with Crippen molar-refractivity contribution in [2.24, 2.45) is 0 Å². The molecule has 4 heterocycles. The van der Waals surface area contributed by atoms with E-state index < -0.39 is 97.9 Å². The number of hydrogen-bond donors (Lipinski definition) is 4. The van der Waals surface area contributed by atoms with Gasteiger partial charge >= 0.3 is 31.5 Å². The lowest BCUT2D eigenvalue weighted by molar-refractivity contribution is -0.133. The summed E-state index contributed by atoms with van der Waals surface area (Å²) in [6, 6.07) is 10.8. The van der Waals surface area contributed by atoms with Gasteiger partial charge in [-0.1, -0.05) is 0 Å². The summed E-state index contributed by atoms with van der Waals surface area (Å²) in [4.78, 5) is 92.5. The molecule has 3 aromatic carbocycles. The number of ether oxygens (including phenoxy) is 6. The lowest BCUT2D eigenvalue weighted by atomic mass is 9.89. The minimum absolute atomic E-state index is 0.00125. The zero-order valence-corrected chi connectivity index (χ0v) is 37.3. The maximum atomic E-state index is 13.9. The molecule has 7 rings (SSSR count). The molecule has 1 unspecified atom stereocenters. The predicted molar refractivity (Wildman–Crippen MR) is 228 cm³/mol. The summed E-state index contributed by atoms with van der Waals surface area (Å²) >= 11 is 0.673. The summed E-state index contributed by atoms with van der Waals surface area (Å²) in [5, 5.41) is 14.4. The Hall–Kier alpha value is -7.42. The summed E-state index contributed by atoms with van der Waals surface area (Å²) in [6.45, 7) is 3.92. The lowest BCUT2D eigenvalue weighted by Gasteiger charge is -2.25. The number of nitrogens with one attached hydrogen (secondary N) is 3. The van der Waals surface area contributed by atoms with E-state index in [0.717, 1.165) is 33.9 Å². The van der Waals surface area contributed by atoms with Crippen LogP contribution in [0, 0.1) is 11.3 Å². The highest BCUT2D eigenvalue weighted by Gasteiger charge is 2.36. The van der Waals surface area contributed by atoms with Crippen LogP contribution in [0.5, 0.6) is 40.2 Å². The summed E-state index contributed by atoms with van der Waals surface area (Å²) in [6.07, 6.45) is -0.0974. The summed E-state index contributed by atoms with van der Waals surface area (Å²) in [5.41, 5.74) is -1.12. The number of nitrogens with zero attached hydrogens (tertiary/aromatic N) is 2. The number of benzene rings is 3. The number of fused-ring (bicyclic) bond motifs is 5. The van der Waals surface area contributed by atoms with Crippen molar-refractivity contribution in [3.05, 3.63) is 65.5 Å². The minimum atomic E-state index is -4.73. The van der Waals surface area contributed by atoms with Gasteiger partial charge in [-0.25, -0.2) is 18.0 Å². The first-order chi connectivity index (χ1) is 31.2.